The number of hydrogen-bond acceptors (Lipinski definition) is 2. The molecule has 0 aromatic heterocycles. The standard InChI is InChI=1S/C48H48BrF6N2OPSSi/c1-35(58-61(46(2,3)4,42-26-16-8-17-27-42)43-28-18-9-19-29-43)44(57-45(60)56-39-31-37(47(50,51)52)30-38(32-39)48(53,54)55)34-59(49,40-22-12-6-13-23-40,41-24-14-7-15-25-41)33-36-20-10-5-11-21-36/h5-32,35,44H,33-34H2,1-4H3,(H2,56,57,60)/t35-,44-/m1/s1. The Morgan fingerprint density at radius 2 is 1.03 bits per heavy atom. The molecule has 0 fully saturated rings. The summed E-state index contributed by atoms with van der Waals surface area (Å²) < 4.78 is 91.7. The molecule has 13 heteroatoms. The van der Waals surface area contributed by atoms with Crippen molar-refractivity contribution in [3.05, 3.63) is 187 Å². The van der Waals surface area contributed by atoms with Crippen LogP contribution in [0, 0.1) is 0 Å². The van der Waals surface area contributed by atoms with Gasteiger partial charge in [0.1, 0.15) is 0 Å². The van der Waals surface area contributed by atoms with Gasteiger partial charge in [-0.3, -0.25) is 0 Å². The Morgan fingerprint density at radius 3 is 1.43 bits per heavy atom. The topological polar surface area (TPSA) is 33.3 Å². The van der Waals surface area contributed by atoms with E-state index in [0.29, 0.717) is 24.5 Å². The average molecular weight is 954 g/mol. The van der Waals surface area contributed by atoms with E-state index in [-0.39, 0.29) is 11.2 Å². The van der Waals surface area contributed by atoms with Crippen molar-refractivity contribution >= 4 is 73.1 Å². The molecule has 0 amide bonds. The van der Waals surface area contributed by atoms with Crippen LogP contribution in [0.5, 0.6) is 0 Å². The van der Waals surface area contributed by atoms with Crippen molar-refractivity contribution in [2.75, 3.05) is 11.5 Å². The van der Waals surface area contributed by atoms with Crippen LogP contribution < -0.4 is 31.6 Å². The number of halogens is 7. The van der Waals surface area contributed by atoms with E-state index in [1.54, 1.807) is 0 Å². The molecule has 0 bridgehead atoms. The molecule has 6 rings (SSSR count). The molecule has 0 unspecified atom stereocenters. The molecule has 2 N–H and O–H groups in total. The van der Waals surface area contributed by atoms with Crippen molar-refractivity contribution in [1.29, 1.82) is 0 Å². The van der Waals surface area contributed by atoms with Gasteiger partial charge >= 0.3 is 371 Å². The summed E-state index contributed by atoms with van der Waals surface area (Å²) in [6, 6.07) is 51.4. The molecule has 61 heavy (non-hydrogen) atoms. The van der Waals surface area contributed by atoms with Gasteiger partial charge in [-0.15, -0.1) is 0 Å². The minimum atomic E-state index is -5.04. The Kier molecular flexibility index (Phi) is 13.8. The van der Waals surface area contributed by atoms with Gasteiger partial charge in [0, 0.05) is 0 Å². The van der Waals surface area contributed by atoms with Gasteiger partial charge in [0.05, 0.1) is 0 Å². The second-order valence-corrected chi connectivity index (χ2v) is 30.6. The Hall–Kier alpha value is -4.32. The molecular weight excluding hydrogens is 906 g/mol. The third kappa shape index (κ3) is 10.2. The number of anilines is 1. The molecule has 0 spiro atoms. The normalized spacial score (nSPS) is 14.3. The number of thiocarbonyl (C=S) groups is 1. The third-order valence-electron chi connectivity index (χ3n) is 11.1. The van der Waals surface area contributed by atoms with Crippen LogP contribution in [-0.4, -0.2) is 31.7 Å². The van der Waals surface area contributed by atoms with Gasteiger partial charge in [0.2, 0.25) is 0 Å². The van der Waals surface area contributed by atoms with Crippen LogP contribution in [0.15, 0.2) is 170 Å². The van der Waals surface area contributed by atoms with Crippen LogP contribution in [0.3, 0.4) is 0 Å². The first-order valence-corrected chi connectivity index (χ1v) is 26.7. The zero-order valence-electron chi connectivity index (χ0n) is 34.1. The quantitative estimate of drug-likeness (QED) is 0.0523. The van der Waals surface area contributed by atoms with E-state index < -0.39 is 60.0 Å². The predicted molar refractivity (Wildman–Crippen MR) is 251 cm³/mol. The summed E-state index contributed by atoms with van der Waals surface area (Å²) in [5.41, 5.74) is -2.29. The first-order valence-electron chi connectivity index (χ1n) is 19.8. The van der Waals surface area contributed by atoms with E-state index in [2.05, 4.69) is 108 Å². The van der Waals surface area contributed by atoms with Crippen molar-refractivity contribution in [3.63, 3.8) is 0 Å². The second kappa shape index (κ2) is 18.2. The molecule has 0 saturated heterocycles. The van der Waals surface area contributed by atoms with Gasteiger partial charge in [-0.1, -0.05) is 0 Å². The fourth-order valence-corrected chi connectivity index (χ4v) is 21.6. The van der Waals surface area contributed by atoms with Gasteiger partial charge in [0.25, 0.3) is 0 Å². The second-order valence-electron chi connectivity index (χ2n) is 16.4. The number of hydrogen-bond donors (Lipinski definition) is 2. The Labute approximate surface area is 368 Å². The summed E-state index contributed by atoms with van der Waals surface area (Å²) in [5, 5.41) is 6.05. The van der Waals surface area contributed by atoms with Crippen LogP contribution in [0.1, 0.15) is 44.4 Å². The molecule has 0 radical (unpaired) electrons. The maximum atomic E-state index is 14.0. The monoisotopic (exact) mass is 952 g/mol. The first-order chi connectivity index (χ1) is 28.7. The van der Waals surface area contributed by atoms with Crippen molar-refractivity contribution in [3.8, 4) is 0 Å². The molecule has 6 aromatic rings. The molecule has 0 heterocycles. The molecule has 320 valence electrons. The van der Waals surface area contributed by atoms with Crippen LogP contribution in [0.2, 0.25) is 5.04 Å². The molecule has 2 atom stereocenters. The Balaban J connectivity index is 1.56. The summed E-state index contributed by atoms with van der Waals surface area (Å²) in [4.78, 5) is 0. The predicted octanol–water partition coefficient (Wildman–Crippen LogP) is 12.1. The number of nitrogens with one attached hydrogen (secondary N) is 2. The molecule has 3 nitrogen and oxygen atoms in total. The van der Waals surface area contributed by atoms with E-state index in [1.807, 2.05) is 97.9 Å². The zero-order chi connectivity index (χ0) is 44.1. The van der Waals surface area contributed by atoms with Gasteiger partial charge in [-0.05, 0) is 0 Å². The molecule has 6 aromatic carbocycles. The first kappa shape index (κ1) is 46.2. The SMILES string of the molecule is C[C@@H](O[Si](c1ccccc1)(c1ccccc1)C(C)(C)C)[C@@H](CP(Br)(Cc1ccccc1)(c1ccccc1)c1ccccc1)NC(=S)Nc1cc(C(F)(F)F)cc(C(F)(F)F)c1. The van der Waals surface area contributed by atoms with Crippen LogP contribution >= 0.6 is 33.0 Å². The zero-order valence-corrected chi connectivity index (χ0v) is 38.4. The van der Waals surface area contributed by atoms with Gasteiger partial charge in [-0.25, -0.2) is 0 Å². The molecule has 0 aliphatic rings. The van der Waals surface area contributed by atoms with E-state index in [9.17, 15) is 26.3 Å². The Bertz CT molecular complexity index is 2280. The summed E-state index contributed by atoms with van der Waals surface area (Å²) in [5.74, 6) is 0. The van der Waals surface area contributed by atoms with Crippen molar-refractivity contribution in [1.82, 2.24) is 5.32 Å². The molecule has 0 saturated carbocycles. The molecular formula is C48H48BrF6N2OPSSi. The van der Waals surface area contributed by atoms with Crippen LogP contribution in [-0.2, 0) is 22.9 Å². The van der Waals surface area contributed by atoms with E-state index in [0.717, 1.165) is 26.5 Å². The minimum absolute atomic E-state index is 0.0990. The van der Waals surface area contributed by atoms with Gasteiger partial charge < -0.3 is 0 Å². The fraction of sp³-hybridized carbons (Fsp3) is 0.229. The van der Waals surface area contributed by atoms with Crippen molar-refractivity contribution in [2.45, 2.75) is 63.4 Å². The third-order valence-corrected chi connectivity index (χ3v) is 25.7. The van der Waals surface area contributed by atoms with Crippen molar-refractivity contribution < 1.29 is 30.8 Å². The van der Waals surface area contributed by atoms with E-state index >= 15 is 0 Å². The summed E-state index contributed by atoms with van der Waals surface area (Å²) in [7, 11) is -3.24. The molecule has 0 aliphatic carbocycles. The van der Waals surface area contributed by atoms with Gasteiger partial charge in [0.15, 0.2) is 0 Å². The van der Waals surface area contributed by atoms with E-state index in [4.69, 9.17) is 16.6 Å². The maximum absolute atomic E-state index is 14.0. The van der Waals surface area contributed by atoms with Crippen molar-refractivity contribution in [2.24, 2.45) is 0 Å². The number of benzene rings is 6. The Morgan fingerprint density at radius 1 is 0.639 bits per heavy atom. The summed E-state index contributed by atoms with van der Waals surface area (Å²) in [6.45, 7) is 8.47. The number of alkyl halides is 6. The molecule has 0 aliphatic heterocycles. The summed E-state index contributed by atoms with van der Waals surface area (Å²) in [6.07, 6.45) is -9.80. The van der Waals surface area contributed by atoms with Crippen LogP contribution in [0.25, 0.3) is 0 Å². The number of rotatable bonds is 13. The van der Waals surface area contributed by atoms with Crippen LogP contribution in [0.4, 0.5) is 32.0 Å². The van der Waals surface area contributed by atoms with E-state index in [1.165, 1.54) is 0 Å². The summed E-state index contributed by atoms with van der Waals surface area (Å²) >= 11 is 10.4. The fourth-order valence-electron chi connectivity index (χ4n) is 8.25. The van der Waals surface area contributed by atoms with Gasteiger partial charge in [-0.2, -0.15) is 0 Å². The average Bonchev–Trinajstić information content (AvgIpc) is 3.23.